The molecule has 2 aromatic rings. The fourth-order valence-corrected chi connectivity index (χ4v) is 2.42. The van der Waals surface area contributed by atoms with Crippen LogP contribution >= 0.6 is 22.6 Å². The van der Waals surface area contributed by atoms with Gasteiger partial charge in [-0.2, -0.15) is 0 Å². The number of nitrogen functional groups attached to an aromatic ring is 1. The molecule has 4 nitrogen and oxygen atoms in total. The second-order valence-corrected chi connectivity index (χ2v) is 5.88. The number of hydrogen-bond acceptors (Lipinski definition) is 3. The molecule has 0 aliphatic carbocycles. The Hall–Kier alpha value is -1.76. The van der Waals surface area contributed by atoms with Crippen molar-refractivity contribution in [3.8, 4) is 0 Å². The first-order chi connectivity index (χ1) is 9.47. The van der Waals surface area contributed by atoms with Crippen molar-refractivity contribution in [3.63, 3.8) is 0 Å². The molecule has 5 heteroatoms. The molecule has 0 radical (unpaired) electrons. The van der Waals surface area contributed by atoms with Gasteiger partial charge in [0.1, 0.15) is 0 Å². The first kappa shape index (κ1) is 14.6. The lowest BCUT2D eigenvalue weighted by Crippen LogP contribution is -2.14. The summed E-state index contributed by atoms with van der Waals surface area (Å²) in [4.78, 5) is 14.1. The molecule has 0 atom stereocenters. The van der Waals surface area contributed by atoms with Gasteiger partial charge in [-0.05, 0) is 59.0 Å². The minimum atomic E-state index is -0.138. The highest BCUT2D eigenvalue weighted by Crippen LogP contribution is 2.25. The normalized spacial score (nSPS) is 10.2. The summed E-state index contributed by atoms with van der Waals surface area (Å²) >= 11 is 2.18. The Bertz CT molecular complexity index is 641. The molecule has 0 spiro atoms. The van der Waals surface area contributed by atoms with Gasteiger partial charge in [-0.25, -0.2) is 0 Å². The smallest absolute Gasteiger partial charge is 0.255 e. The molecule has 0 bridgehead atoms. The van der Waals surface area contributed by atoms with E-state index in [1.54, 1.807) is 12.1 Å². The van der Waals surface area contributed by atoms with Gasteiger partial charge in [0.15, 0.2) is 0 Å². The first-order valence-corrected chi connectivity index (χ1v) is 7.19. The van der Waals surface area contributed by atoms with E-state index in [0.717, 1.165) is 9.26 Å². The molecule has 104 valence electrons. The molecule has 20 heavy (non-hydrogen) atoms. The van der Waals surface area contributed by atoms with Crippen molar-refractivity contribution >= 4 is 45.6 Å². The molecular weight excluding hydrogens is 365 g/mol. The highest BCUT2D eigenvalue weighted by molar-refractivity contribution is 14.1. The molecule has 3 N–H and O–H groups in total. The molecule has 0 saturated heterocycles. The molecule has 1 amide bonds. The van der Waals surface area contributed by atoms with E-state index in [4.69, 9.17) is 5.73 Å². The predicted octanol–water partition coefficient (Wildman–Crippen LogP) is 3.19. The lowest BCUT2D eigenvalue weighted by Gasteiger charge is -2.16. The van der Waals surface area contributed by atoms with E-state index in [0.29, 0.717) is 16.9 Å². The summed E-state index contributed by atoms with van der Waals surface area (Å²) in [5.41, 5.74) is 8.85. The number of rotatable bonds is 3. The lowest BCUT2D eigenvalue weighted by molar-refractivity contribution is 0.102. The number of halogens is 1. The van der Waals surface area contributed by atoms with Crippen LogP contribution in [0.25, 0.3) is 0 Å². The Kier molecular flexibility index (Phi) is 4.49. The molecule has 0 heterocycles. The standard InChI is InChI=1S/C15H16IN3O/c1-19(2)14-7-6-12(9-13(14)17)18-15(20)10-4-3-5-11(16)8-10/h3-9H,17H2,1-2H3,(H,18,20). The van der Waals surface area contributed by atoms with E-state index < -0.39 is 0 Å². The number of amides is 1. The summed E-state index contributed by atoms with van der Waals surface area (Å²) in [5.74, 6) is -0.138. The third-order valence-corrected chi connectivity index (χ3v) is 3.53. The van der Waals surface area contributed by atoms with Crippen LogP contribution in [0, 0.1) is 3.57 Å². The Labute approximate surface area is 132 Å². The largest absolute Gasteiger partial charge is 0.397 e. The van der Waals surface area contributed by atoms with Crippen LogP contribution in [-0.4, -0.2) is 20.0 Å². The number of anilines is 3. The van der Waals surface area contributed by atoms with E-state index in [2.05, 4.69) is 27.9 Å². The average molecular weight is 381 g/mol. The Balaban J connectivity index is 2.18. The van der Waals surface area contributed by atoms with Gasteiger partial charge in [0.2, 0.25) is 0 Å². The zero-order valence-corrected chi connectivity index (χ0v) is 13.5. The van der Waals surface area contributed by atoms with Gasteiger partial charge in [0, 0.05) is 28.9 Å². The van der Waals surface area contributed by atoms with Gasteiger partial charge in [-0.15, -0.1) is 0 Å². The minimum Gasteiger partial charge on any atom is -0.397 e. The number of nitrogens with two attached hydrogens (primary N) is 1. The summed E-state index contributed by atoms with van der Waals surface area (Å²) in [6.45, 7) is 0. The summed E-state index contributed by atoms with van der Waals surface area (Å²) in [7, 11) is 3.85. The van der Waals surface area contributed by atoms with Gasteiger partial charge in [-0.3, -0.25) is 4.79 Å². The molecule has 2 rings (SSSR count). The maximum absolute atomic E-state index is 12.1. The Morgan fingerprint density at radius 2 is 1.95 bits per heavy atom. The van der Waals surface area contributed by atoms with Crippen LogP contribution < -0.4 is 16.0 Å². The topological polar surface area (TPSA) is 58.4 Å². The van der Waals surface area contributed by atoms with Gasteiger partial charge in [0.25, 0.3) is 5.91 Å². The second kappa shape index (κ2) is 6.13. The predicted molar refractivity (Wildman–Crippen MR) is 92.3 cm³/mol. The van der Waals surface area contributed by atoms with Crippen LogP contribution in [0.5, 0.6) is 0 Å². The second-order valence-electron chi connectivity index (χ2n) is 4.63. The summed E-state index contributed by atoms with van der Waals surface area (Å²) in [6, 6.07) is 12.9. The third-order valence-electron chi connectivity index (χ3n) is 2.85. The van der Waals surface area contributed by atoms with Crippen LogP contribution in [0.15, 0.2) is 42.5 Å². The zero-order chi connectivity index (χ0) is 14.7. The monoisotopic (exact) mass is 381 g/mol. The van der Waals surface area contributed by atoms with Crippen molar-refractivity contribution in [2.45, 2.75) is 0 Å². The summed E-state index contributed by atoms with van der Waals surface area (Å²) in [5, 5.41) is 2.85. The molecule has 0 unspecified atom stereocenters. The molecule has 0 aromatic heterocycles. The van der Waals surface area contributed by atoms with Crippen molar-refractivity contribution in [2.75, 3.05) is 30.0 Å². The Morgan fingerprint density at radius 1 is 1.20 bits per heavy atom. The van der Waals surface area contributed by atoms with Crippen molar-refractivity contribution < 1.29 is 4.79 Å². The minimum absolute atomic E-state index is 0.138. The number of hydrogen-bond donors (Lipinski definition) is 2. The molecule has 0 saturated carbocycles. The van der Waals surface area contributed by atoms with E-state index in [1.807, 2.05) is 49.3 Å². The van der Waals surface area contributed by atoms with Crippen LogP contribution in [-0.2, 0) is 0 Å². The summed E-state index contributed by atoms with van der Waals surface area (Å²) < 4.78 is 1.03. The molecular formula is C15H16IN3O. The van der Waals surface area contributed by atoms with Crippen LogP contribution in [0.3, 0.4) is 0 Å². The van der Waals surface area contributed by atoms with Crippen molar-refractivity contribution in [1.82, 2.24) is 0 Å². The van der Waals surface area contributed by atoms with Crippen LogP contribution in [0.2, 0.25) is 0 Å². The van der Waals surface area contributed by atoms with Gasteiger partial charge in [-0.1, -0.05) is 6.07 Å². The van der Waals surface area contributed by atoms with Gasteiger partial charge >= 0.3 is 0 Å². The van der Waals surface area contributed by atoms with Crippen LogP contribution in [0.1, 0.15) is 10.4 Å². The number of nitrogens with one attached hydrogen (secondary N) is 1. The third kappa shape index (κ3) is 3.41. The first-order valence-electron chi connectivity index (χ1n) is 6.11. The Morgan fingerprint density at radius 3 is 2.55 bits per heavy atom. The number of carbonyl (C=O) groups excluding carboxylic acids is 1. The molecule has 0 aliphatic rings. The van der Waals surface area contributed by atoms with Crippen LogP contribution in [0.4, 0.5) is 17.1 Å². The quantitative estimate of drug-likeness (QED) is 0.634. The fourth-order valence-electron chi connectivity index (χ4n) is 1.87. The lowest BCUT2D eigenvalue weighted by atomic mass is 10.2. The van der Waals surface area contributed by atoms with E-state index in [1.165, 1.54) is 0 Å². The van der Waals surface area contributed by atoms with E-state index >= 15 is 0 Å². The number of carbonyl (C=O) groups is 1. The van der Waals surface area contributed by atoms with E-state index in [-0.39, 0.29) is 5.91 Å². The van der Waals surface area contributed by atoms with Crippen molar-refractivity contribution in [3.05, 3.63) is 51.6 Å². The maximum atomic E-state index is 12.1. The van der Waals surface area contributed by atoms with Gasteiger partial charge < -0.3 is 16.0 Å². The number of benzene rings is 2. The fraction of sp³-hybridized carbons (Fsp3) is 0.133. The molecule has 0 aliphatic heterocycles. The highest BCUT2D eigenvalue weighted by Gasteiger charge is 2.08. The SMILES string of the molecule is CN(C)c1ccc(NC(=O)c2cccc(I)c2)cc1N. The molecule has 2 aromatic carbocycles. The highest BCUT2D eigenvalue weighted by atomic mass is 127. The van der Waals surface area contributed by atoms with Gasteiger partial charge in [0.05, 0.1) is 11.4 Å². The number of nitrogens with zero attached hydrogens (tertiary/aromatic N) is 1. The zero-order valence-electron chi connectivity index (χ0n) is 11.4. The average Bonchev–Trinajstić information content (AvgIpc) is 2.38. The van der Waals surface area contributed by atoms with Crippen molar-refractivity contribution in [1.29, 1.82) is 0 Å². The summed E-state index contributed by atoms with van der Waals surface area (Å²) in [6.07, 6.45) is 0. The van der Waals surface area contributed by atoms with E-state index in [9.17, 15) is 4.79 Å². The van der Waals surface area contributed by atoms with Crippen molar-refractivity contribution in [2.24, 2.45) is 0 Å². The molecule has 0 fully saturated rings. The maximum Gasteiger partial charge on any atom is 0.255 e.